The van der Waals surface area contributed by atoms with Crippen molar-refractivity contribution in [1.82, 2.24) is 73.7 Å². The summed E-state index contributed by atoms with van der Waals surface area (Å²) in [5.41, 5.74) is 1.61. The topological polar surface area (TPSA) is 609 Å². The molecule has 2 fully saturated rings. The highest BCUT2D eigenvalue weighted by Gasteiger charge is 2.40. The molecule has 13 amide bonds. The number of aromatic amines is 1. The number of nitrogens with zero attached hydrogens (tertiary/aromatic N) is 1. The number of phenols is 1. The molecular weight excluding hydrogens is 1410 g/mol. The number of benzene rings is 2. The smallest absolute Gasteiger partial charge is 0.303 e. The number of phenolic OH excluding ortho intramolecular Hbond substituents is 1. The number of amides is 13. The van der Waals surface area contributed by atoms with Crippen molar-refractivity contribution in [3.05, 3.63) is 65.9 Å². The highest BCUT2D eigenvalue weighted by atomic mass is 16.4. The van der Waals surface area contributed by atoms with Crippen LogP contribution < -0.4 is 63.8 Å². The molecule has 11 atom stereocenters. The quantitative estimate of drug-likeness (QED) is 0.0241. The van der Waals surface area contributed by atoms with Crippen molar-refractivity contribution in [1.29, 1.82) is 0 Å². The van der Waals surface area contributed by atoms with Crippen LogP contribution in [0.15, 0.2) is 54.7 Å². The van der Waals surface area contributed by atoms with Crippen molar-refractivity contribution in [2.24, 2.45) is 5.92 Å². The van der Waals surface area contributed by atoms with Crippen molar-refractivity contribution >= 4 is 124 Å². The van der Waals surface area contributed by atoms with Crippen molar-refractivity contribution in [2.75, 3.05) is 19.6 Å². The third-order valence-corrected chi connectivity index (χ3v) is 17.2. The Bertz CT molecular complexity index is 3790. The molecule has 0 radical (unpaired) electrons. The first kappa shape index (κ1) is 85.6. The molecule has 2 aliphatic heterocycles. The molecule has 3 heterocycles. The molecule has 39 heteroatoms. The van der Waals surface area contributed by atoms with Gasteiger partial charge in [-0.25, -0.2) is 0 Å². The number of carboxylic acid groups (broad SMARTS) is 5. The monoisotopic (exact) mass is 1500 g/mol. The summed E-state index contributed by atoms with van der Waals surface area (Å²) >= 11 is 0. The number of nitrogens with one attached hydrogen (secondary N) is 13. The Hall–Kier alpha value is -12.1. The van der Waals surface area contributed by atoms with Gasteiger partial charge in [0.25, 0.3) is 0 Å². The minimum atomic E-state index is -2.06. The van der Waals surface area contributed by atoms with Crippen LogP contribution in [0.4, 0.5) is 0 Å². The molecule has 2 saturated heterocycles. The Morgan fingerprint density at radius 2 is 0.944 bits per heavy atom. The Morgan fingerprint density at radius 1 is 0.505 bits per heavy atom. The summed E-state index contributed by atoms with van der Waals surface area (Å²) < 4.78 is 0. The molecule has 39 nitrogen and oxygen atoms in total. The predicted octanol–water partition coefficient (Wildman–Crippen LogP) is -3.89. The lowest BCUT2D eigenvalue weighted by atomic mass is 9.99. The number of aliphatic carboxylic acids is 5. The SMILES string of the molecule is CC(C)C[C@H](NC(=O)[C@H](Cc1c[nH]c2ccccc12)NC(=O)[C@@H]1CCCN1C(=O)CNC(=O)[C@@H]1CCC(=O)N1)C(=O)N[C@@H](CCC(=O)O)C(=O)N[C@@H](CCC(=O)O)C(=O)N[C@@H](CCC(=O)O)C(=O)N[C@@H](CCC(=O)O)C(=O)N[C@@H](CCC(=O)O)C(=O)N[C@@H](C)C(=O)N[C@@H](Cc1ccc(O)cc1)C(=O)NCC=O. The Labute approximate surface area is 610 Å². The number of carboxylic acids is 5. The minimum Gasteiger partial charge on any atom is -0.508 e. The predicted molar refractivity (Wildman–Crippen MR) is 369 cm³/mol. The number of hydrogen-bond acceptors (Lipinski definition) is 20. The van der Waals surface area contributed by atoms with Gasteiger partial charge >= 0.3 is 29.8 Å². The van der Waals surface area contributed by atoms with Gasteiger partial charge in [0.1, 0.15) is 78.5 Å². The normalized spacial score (nSPS) is 16.3. The number of para-hydroxylation sites is 1. The van der Waals surface area contributed by atoms with Crippen LogP contribution in [0.3, 0.4) is 0 Å². The zero-order chi connectivity index (χ0) is 79.2. The van der Waals surface area contributed by atoms with Crippen LogP contribution in [0.2, 0.25) is 0 Å². The van der Waals surface area contributed by atoms with Crippen molar-refractivity contribution < 1.29 is 122 Å². The fraction of sp³-hybridized carbons (Fsp3) is 0.515. The summed E-state index contributed by atoms with van der Waals surface area (Å²) in [6.45, 7) is 3.58. The van der Waals surface area contributed by atoms with Gasteiger partial charge in [-0.2, -0.15) is 0 Å². The van der Waals surface area contributed by atoms with E-state index in [1.807, 2.05) is 0 Å². The molecule has 1 aromatic heterocycles. The summed E-state index contributed by atoms with van der Waals surface area (Å²) in [6, 6.07) is -5.51. The van der Waals surface area contributed by atoms with Crippen LogP contribution in [-0.2, 0) is 104 Å². The van der Waals surface area contributed by atoms with Crippen molar-refractivity contribution in [3.8, 4) is 5.75 Å². The number of hydrogen-bond donors (Lipinski definition) is 19. The number of carbonyl (C=O) groups excluding carboxylic acids is 14. The Balaban J connectivity index is 1.36. The Kier molecular flexibility index (Phi) is 33.6. The van der Waals surface area contributed by atoms with Gasteiger partial charge in [0.2, 0.25) is 76.8 Å². The van der Waals surface area contributed by atoms with E-state index in [9.17, 15) is 122 Å². The summed E-state index contributed by atoms with van der Waals surface area (Å²) in [5, 5.41) is 87.3. The second-order valence-electron chi connectivity index (χ2n) is 26.0. The van der Waals surface area contributed by atoms with Gasteiger partial charge in [-0.15, -0.1) is 0 Å². The van der Waals surface area contributed by atoms with E-state index in [0.717, 1.165) is 6.92 Å². The molecule has 107 heavy (non-hydrogen) atoms. The van der Waals surface area contributed by atoms with E-state index in [2.05, 4.69) is 68.8 Å². The fourth-order valence-corrected chi connectivity index (χ4v) is 11.6. The van der Waals surface area contributed by atoms with E-state index < -0.39 is 250 Å². The van der Waals surface area contributed by atoms with Crippen LogP contribution in [0.25, 0.3) is 10.9 Å². The molecule has 0 unspecified atom stereocenters. The summed E-state index contributed by atoms with van der Waals surface area (Å²) in [7, 11) is 0. The third kappa shape index (κ3) is 28.5. The second-order valence-corrected chi connectivity index (χ2v) is 26.0. The molecule has 5 rings (SSSR count). The number of aromatic hydroxyl groups is 1. The van der Waals surface area contributed by atoms with E-state index in [-0.39, 0.29) is 56.7 Å². The number of aromatic nitrogens is 1. The first-order valence-electron chi connectivity index (χ1n) is 34.4. The lowest BCUT2D eigenvalue weighted by molar-refractivity contribution is -0.141. The average Bonchev–Trinajstić information content (AvgIpc) is 1.71. The van der Waals surface area contributed by atoms with Crippen molar-refractivity contribution in [3.63, 3.8) is 0 Å². The van der Waals surface area contributed by atoms with Gasteiger partial charge in [-0.1, -0.05) is 44.2 Å². The molecule has 0 saturated carbocycles. The van der Waals surface area contributed by atoms with Crippen LogP contribution in [-0.4, -0.2) is 240 Å². The molecule has 3 aromatic rings. The van der Waals surface area contributed by atoms with Gasteiger partial charge in [0.15, 0.2) is 0 Å². The number of likely N-dealkylation sites (tertiary alicyclic amines) is 1. The number of H-pyrrole nitrogens is 1. The minimum absolute atomic E-state index is 0.0993. The van der Waals surface area contributed by atoms with Crippen LogP contribution >= 0.6 is 0 Å². The number of fused-ring (bicyclic) bond motifs is 1. The maximum absolute atomic E-state index is 14.7. The first-order valence-corrected chi connectivity index (χ1v) is 34.4. The van der Waals surface area contributed by atoms with E-state index in [4.69, 9.17) is 0 Å². The van der Waals surface area contributed by atoms with E-state index >= 15 is 0 Å². The van der Waals surface area contributed by atoms with E-state index in [1.54, 1.807) is 44.3 Å². The lowest BCUT2D eigenvalue weighted by Gasteiger charge is -2.29. The van der Waals surface area contributed by atoms with E-state index in [1.165, 1.54) is 29.2 Å². The van der Waals surface area contributed by atoms with Crippen molar-refractivity contribution in [2.45, 2.75) is 196 Å². The van der Waals surface area contributed by atoms with Gasteiger partial charge in [0.05, 0.1) is 13.1 Å². The Morgan fingerprint density at radius 3 is 1.40 bits per heavy atom. The molecule has 0 spiro atoms. The first-order chi connectivity index (χ1) is 50.6. The molecule has 2 aromatic carbocycles. The van der Waals surface area contributed by atoms with Gasteiger partial charge in [0, 0.05) is 75.0 Å². The lowest BCUT2D eigenvalue weighted by Crippen LogP contribution is -2.61. The molecule has 2 aliphatic rings. The largest absolute Gasteiger partial charge is 0.508 e. The van der Waals surface area contributed by atoms with Gasteiger partial charge in [-0.3, -0.25) is 86.3 Å². The van der Waals surface area contributed by atoms with Gasteiger partial charge in [-0.05, 0) is 100.0 Å². The molecule has 19 N–H and O–H groups in total. The van der Waals surface area contributed by atoms with Crippen LogP contribution in [0.1, 0.15) is 128 Å². The molecule has 0 aliphatic carbocycles. The van der Waals surface area contributed by atoms with Crippen LogP contribution in [0.5, 0.6) is 5.75 Å². The zero-order valence-electron chi connectivity index (χ0n) is 58.7. The van der Waals surface area contributed by atoms with Crippen LogP contribution in [0, 0.1) is 5.92 Å². The summed E-state index contributed by atoms with van der Waals surface area (Å²) in [5.74, 6) is -21.3. The molecular formula is C68H90N14O25. The maximum atomic E-state index is 14.7. The number of aldehydes is 1. The highest BCUT2D eigenvalue weighted by Crippen LogP contribution is 2.23. The number of rotatable bonds is 45. The highest BCUT2D eigenvalue weighted by molar-refractivity contribution is 6.01. The second kappa shape index (κ2) is 42.0. The maximum Gasteiger partial charge on any atom is 0.303 e. The summed E-state index contributed by atoms with van der Waals surface area (Å²) in [4.78, 5) is 254. The van der Waals surface area contributed by atoms with E-state index in [0.29, 0.717) is 34.7 Å². The standard InChI is InChI=1S/C68H90N14O25/c1-34(2)29-47(80-67(106)49(31-37-32-70-40-8-5-4-7-39(37)40)81-68(107)50-9-6-27-82(50)52(86)33-71-59(98)41-14-20-51(85)73-41)66(105)78-46(19-25-57(95)96)65(104)77-45(18-24-56(93)94)64(103)76-44(17-23-55(91)92)63(102)75-43(16-22-54(89)90)62(101)74-42(15-21-53(87)88)61(100)72-35(3)58(97)79-48(60(99)69-26-28-83)30-36-10-12-38(84)13-11-36/h4-5,7-8,10-13,28,32,34-35,41-50,70,84H,6,9,14-27,29-31,33H2,1-3H3,(H,69,99)(H,71,98)(H,72,100)(H,73,85)(H,74,101)(H,75,102)(H,76,103)(H,77,104)(H,78,105)(H,79,97)(H,80,106)(H,81,107)(H,87,88)(H,89,90)(H,91,92)(H,93,94)(H,95,96)/t35-,41-,42-,43-,44-,45-,46-,47-,48-,49-,50-/m0/s1. The molecule has 582 valence electrons. The zero-order valence-corrected chi connectivity index (χ0v) is 58.7. The van der Waals surface area contributed by atoms with Gasteiger partial charge < -0.3 is 109 Å². The molecule has 0 bridgehead atoms. The fourth-order valence-electron chi connectivity index (χ4n) is 11.6. The summed E-state index contributed by atoms with van der Waals surface area (Å²) in [6.07, 6.45) is -6.12. The third-order valence-electron chi connectivity index (χ3n) is 17.2. The average molecular weight is 1500 g/mol. The number of carbonyl (C=O) groups is 19.